The van der Waals surface area contributed by atoms with E-state index in [4.69, 9.17) is 16.3 Å². The fourth-order valence-corrected chi connectivity index (χ4v) is 2.98. The van der Waals surface area contributed by atoms with E-state index in [-0.39, 0.29) is 18.0 Å². The maximum absolute atomic E-state index is 12.7. The van der Waals surface area contributed by atoms with Gasteiger partial charge in [-0.1, -0.05) is 48.9 Å². The minimum Gasteiger partial charge on any atom is -0.495 e. The van der Waals surface area contributed by atoms with Crippen molar-refractivity contribution in [2.24, 2.45) is 0 Å². The molecular weight excluding hydrogens is 378 g/mol. The second kappa shape index (κ2) is 8.71. The number of benzene rings is 2. The van der Waals surface area contributed by atoms with Crippen molar-refractivity contribution in [1.29, 1.82) is 0 Å². The Hall–Kier alpha value is -3.12. The third-order valence-corrected chi connectivity index (χ3v) is 4.43. The highest BCUT2D eigenvalue weighted by Gasteiger charge is 2.15. The van der Waals surface area contributed by atoms with Crippen LogP contribution in [0.1, 0.15) is 12.6 Å². The number of nitrogens with zero attached hydrogens (tertiary/aromatic N) is 2. The fraction of sp³-hybridized carbons (Fsp3) is 0.190. The summed E-state index contributed by atoms with van der Waals surface area (Å²) < 4.78 is 6.61. The Morgan fingerprint density at radius 2 is 1.93 bits per heavy atom. The van der Waals surface area contributed by atoms with E-state index in [0.29, 0.717) is 34.4 Å². The molecule has 0 spiro atoms. The quantitative estimate of drug-likeness (QED) is 0.687. The summed E-state index contributed by atoms with van der Waals surface area (Å²) in [6.45, 7) is 1.74. The van der Waals surface area contributed by atoms with Gasteiger partial charge in [-0.25, -0.2) is 4.98 Å². The van der Waals surface area contributed by atoms with Gasteiger partial charge in [0.1, 0.15) is 18.1 Å². The second-order valence-electron chi connectivity index (χ2n) is 6.11. The number of carbonyl (C=O) groups is 1. The molecule has 6 nitrogen and oxygen atoms in total. The number of carbonyl (C=O) groups excluding carboxylic acids is 1. The first-order chi connectivity index (χ1) is 13.5. The maximum Gasteiger partial charge on any atom is 0.254 e. The number of halogens is 1. The molecule has 2 aromatic carbocycles. The largest absolute Gasteiger partial charge is 0.495 e. The fourth-order valence-electron chi connectivity index (χ4n) is 2.81. The van der Waals surface area contributed by atoms with Gasteiger partial charge in [0.25, 0.3) is 5.56 Å². The number of nitrogens with one attached hydrogen (secondary N) is 1. The Balaban J connectivity index is 1.95. The number of hydrogen-bond donors (Lipinski definition) is 1. The number of rotatable bonds is 6. The number of hydrogen-bond acceptors (Lipinski definition) is 4. The summed E-state index contributed by atoms with van der Waals surface area (Å²) in [4.78, 5) is 29.9. The van der Waals surface area contributed by atoms with Gasteiger partial charge >= 0.3 is 0 Å². The normalized spacial score (nSPS) is 10.5. The minimum absolute atomic E-state index is 0.185. The van der Waals surface area contributed by atoms with Gasteiger partial charge < -0.3 is 10.1 Å². The molecule has 0 unspecified atom stereocenters. The zero-order chi connectivity index (χ0) is 20.1. The van der Waals surface area contributed by atoms with E-state index in [0.717, 1.165) is 5.56 Å². The van der Waals surface area contributed by atoms with E-state index in [1.807, 2.05) is 37.3 Å². The monoisotopic (exact) mass is 397 g/mol. The number of aryl methyl sites for hydroxylation is 1. The summed E-state index contributed by atoms with van der Waals surface area (Å²) in [6.07, 6.45) is 0.627. The van der Waals surface area contributed by atoms with Crippen LogP contribution in [0.2, 0.25) is 5.02 Å². The Morgan fingerprint density at radius 1 is 1.18 bits per heavy atom. The Bertz CT molecular complexity index is 1050. The lowest BCUT2D eigenvalue weighted by atomic mass is 10.2. The predicted octanol–water partition coefficient (Wildman–Crippen LogP) is 3.77. The van der Waals surface area contributed by atoms with E-state index in [1.54, 1.807) is 18.2 Å². The molecule has 3 rings (SSSR count). The minimum atomic E-state index is -0.383. The number of amides is 1. The lowest BCUT2D eigenvalue weighted by molar-refractivity contribution is -0.116. The van der Waals surface area contributed by atoms with Gasteiger partial charge in [0.2, 0.25) is 5.91 Å². The Morgan fingerprint density at radius 3 is 2.61 bits per heavy atom. The molecule has 28 heavy (non-hydrogen) atoms. The maximum atomic E-state index is 12.7. The predicted molar refractivity (Wildman–Crippen MR) is 110 cm³/mol. The van der Waals surface area contributed by atoms with Crippen LogP contribution in [-0.2, 0) is 17.8 Å². The highest BCUT2D eigenvalue weighted by atomic mass is 35.5. The molecule has 1 amide bonds. The average molecular weight is 398 g/mol. The van der Waals surface area contributed by atoms with Crippen molar-refractivity contribution < 1.29 is 9.53 Å². The molecule has 3 aromatic rings. The molecule has 0 atom stereocenters. The van der Waals surface area contributed by atoms with Crippen LogP contribution >= 0.6 is 11.6 Å². The van der Waals surface area contributed by atoms with Gasteiger partial charge in [-0.05, 0) is 24.6 Å². The van der Waals surface area contributed by atoms with Crippen LogP contribution in [-0.4, -0.2) is 22.6 Å². The molecule has 0 bridgehead atoms. The van der Waals surface area contributed by atoms with Gasteiger partial charge in [-0.2, -0.15) is 0 Å². The smallest absolute Gasteiger partial charge is 0.254 e. The lowest BCUT2D eigenvalue weighted by Gasteiger charge is -2.15. The molecule has 0 saturated heterocycles. The number of methoxy groups -OCH3 is 1. The lowest BCUT2D eigenvalue weighted by Crippen LogP contribution is -2.30. The van der Waals surface area contributed by atoms with Gasteiger partial charge in [0, 0.05) is 22.3 Å². The van der Waals surface area contributed by atoms with Crippen LogP contribution in [0.25, 0.3) is 11.4 Å². The second-order valence-corrected chi connectivity index (χ2v) is 6.54. The molecule has 0 aliphatic rings. The first kappa shape index (κ1) is 19.6. The van der Waals surface area contributed by atoms with E-state index in [1.165, 1.54) is 17.7 Å². The van der Waals surface area contributed by atoms with Crippen LogP contribution in [0, 0.1) is 0 Å². The summed E-state index contributed by atoms with van der Waals surface area (Å²) in [7, 11) is 1.50. The molecule has 1 N–H and O–H groups in total. The first-order valence-corrected chi connectivity index (χ1v) is 9.19. The summed E-state index contributed by atoms with van der Waals surface area (Å²) in [5.74, 6) is 0.553. The topological polar surface area (TPSA) is 73.2 Å². The highest BCUT2D eigenvalue weighted by molar-refractivity contribution is 6.31. The van der Waals surface area contributed by atoms with Crippen LogP contribution in [0.3, 0.4) is 0 Å². The van der Waals surface area contributed by atoms with Gasteiger partial charge in [-0.3, -0.25) is 14.2 Å². The Labute approximate surface area is 167 Å². The molecule has 0 radical (unpaired) electrons. The average Bonchev–Trinajstić information content (AvgIpc) is 2.70. The number of aromatic nitrogens is 2. The van der Waals surface area contributed by atoms with Crippen molar-refractivity contribution in [1.82, 2.24) is 9.55 Å². The van der Waals surface area contributed by atoms with E-state index < -0.39 is 0 Å². The molecule has 0 fully saturated rings. The third-order valence-electron chi connectivity index (χ3n) is 4.19. The number of anilines is 1. The van der Waals surface area contributed by atoms with Gasteiger partial charge in [0.15, 0.2) is 0 Å². The van der Waals surface area contributed by atoms with Gasteiger partial charge in [0.05, 0.1) is 12.8 Å². The number of ether oxygens (including phenoxy) is 1. The highest BCUT2D eigenvalue weighted by Crippen LogP contribution is 2.27. The van der Waals surface area contributed by atoms with Crippen molar-refractivity contribution in [3.63, 3.8) is 0 Å². The van der Waals surface area contributed by atoms with Crippen molar-refractivity contribution in [3.8, 4) is 17.1 Å². The van der Waals surface area contributed by atoms with Crippen molar-refractivity contribution in [2.45, 2.75) is 19.9 Å². The van der Waals surface area contributed by atoms with Crippen LogP contribution in [0.5, 0.6) is 5.75 Å². The summed E-state index contributed by atoms with van der Waals surface area (Å²) in [6, 6.07) is 15.7. The molecule has 7 heteroatoms. The summed E-state index contributed by atoms with van der Waals surface area (Å²) >= 11 is 6.01. The van der Waals surface area contributed by atoms with E-state index >= 15 is 0 Å². The van der Waals surface area contributed by atoms with Crippen LogP contribution < -0.4 is 15.6 Å². The molecule has 0 saturated carbocycles. The Kier molecular flexibility index (Phi) is 6.11. The standard InChI is InChI=1S/C21H20ClN3O3/c1-3-16-12-20(27)25(21(23-16)14-7-5-4-6-8-14)13-19(26)24-17-11-15(22)9-10-18(17)28-2/h4-12H,3,13H2,1-2H3,(H,24,26). The molecular formula is C21H20ClN3O3. The molecule has 144 valence electrons. The van der Waals surface area contributed by atoms with Crippen molar-refractivity contribution in [2.75, 3.05) is 12.4 Å². The molecule has 1 heterocycles. The first-order valence-electron chi connectivity index (χ1n) is 8.81. The van der Waals surface area contributed by atoms with Crippen molar-refractivity contribution >= 4 is 23.2 Å². The molecule has 0 aliphatic heterocycles. The third kappa shape index (κ3) is 4.40. The van der Waals surface area contributed by atoms with Crippen molar-refractivity contribution in [3.05, 3.63) is 75.7 Å². The van der Waals surface area contributed by atoms with Crippen LogP contribution in [0.15, 0.2) is 59.4 Å². The van der Waals surface area contributed by atoms with Gasteiger partial charge in [-0.15, -0.1) is 0 Å². The zero-order valence-electron chi connectivity index (χ0n) is 15.6. The molecule has 1 aromatic heterocycles. The van der Waals surface area contributed by atoms with E-state index in [2.05, 4.69) is 10.3 Å². The molecule has 0 aliphatic carbocycles. The summed E-state index contributed by atoms with van der Waals surface area (Å²) in [5.41, 5.74) is 1.60. The van der Waals surface area contributed by atoms with Crippen LogP contribution in [0.4, 0.5) is 5.69 Å². The SMILES string of the molecule is CCc1cc(=O)n(CC(=O)Nc2cc(Cl)ccc2OC)c(-c2ccccc2)n1. The van der Waals surface area contributed by atoms with E-state index in [9.17, 15) is 9.59 Å². The zero-order valence-corrected chi connectivity index (χ0v) is 16.4. The summed E-state index contributed by atoms with van der Waals surface area (Å²) in [5, 5.41) is 3.21.